The van der Waals surface area contributed by atoms with E-state index in [1.807, 2.05) is 54.6 Å². The first-order valence-corrected chi connectivity index (χ1v) is 18.0. The first-order chi connectivity index (χ1) is 26.4. The van der Waals surface area contributed by atoms with E-state index < -0.39 is 17.4 Å². The standard InChI is InChI=1S/C46H42N2O6/c1-4-44(49)53-29-27-51-38-23-17-35(18-24-38)46(42-13-9-7-11-40(42)41-12-8-10-14-43(41)46)36-19-25-39(26-20-36)52-28-30-54-45(50)34(32-47)31-33-15-21-37(22-16-33)48(5-2)6-3/h4,7-26,31H,1,5-6,27-30H2,2-3H3/b34-31+. The van der Waals surface area contributed by atoms with Gasteiger partial charge in [-0.05, 0) is 95.3 Å². The van der Waals surface area contributed by atoms with E-state index >= 15 is 0 Å². The molecule has 0 radical (unpaired) electrons. The molecule has 0 bridgehead atoms. The number of nitriles is 1. The molecular weight excluding hydrogens is 677 g/mol. The first-order valence-electron chi connectivity index (χ1n) is 18.0. The summed E-state index contributed by atoms with van der Waals surface area (Å²) in [6.45, 7) is 9.84. The Balaban J connectivity index is 1.16. The van der Waals surface area contributed by atoms with Crippen LogP contribution in [0.15, 0.2) is 140 Å². The Kier molecular flexibility index (Phi) is 11.9. The summed E-state index contributed by atoms with van der Waals surface area (Å²) in [5.74, 6) is 0.0987. The number of ether oxygens (including phenoxy) is 4. The van der Waals surface area contributed by atoms with Crippen LogP contribution in [-0.2, 0) is 24.5 Å². The van der Waals surface area contributed by atoms with Crippen molar-refractivity contribution in [2.24, 2.45) is 0 Å². The third-order valence-corrected chi connectivity index (χ3v) is 9.55. The second kappa shape index (κ2) is 17.3. The molecule has 0 heterocycles. The Hall–Kier alpha value is -6.59. The van der Waals surface area contributed by atoms with E-state index in [1.54, 1.807) is 0 Å². The van der Waals surface area contributed by atoms with Gasteiger partial charge in [0.1, 0.15) is 49.6 Å². The molecular formula is C46H42N2O6. The number of nitrogens with zero attached hydrogens (tertiary/aromatic N) is 2. The summed E-state index contributed by atoms with van der Waals surface area (Å²) in [6.07, 6.45) is 2.66. The normalized spacial score (nSPS) is 12.4. The summed E-state index contributed by atoms with van der Waals surface area (Å²) in [7, 11) is 0. The number of fused-ring (bicyclic) bond motifs is 3. The lowest BCUT2D eigenvalue weighted by atomic mass is 9.68. The Bertz CT molecular complexity index is 2120. The fraction of sp³-hybridized carbons (Fsp3) is 0.196. The van der Waals surface area contributed by atoms with Gasteiger partial charge < -0.3 is 23.8 Å². The summed E-state index contributed by atoms with van der Waals surface area (Å²) in [5.41, 5.74) is 7.91. The van der Waals surface area contributed by atoms with Gasteiger partial charge in [-0.2, -0.15) is 5.26 Å². The minimum atomic E-state index is -0.697. The van der Waals surface area contributed by atoms with Crippen molar-refractivity contribution in [2.45, 2.75) is 19.3 Å². The van der Waals surface area contributed by atoms with Crippen molar-refractivity contribution in [1.82, 2.24) is 0 Å². The van der Waals surface area contributed by atoms with Gasteiger partial charge in [-0.25, -0.2) is 9.59 Å². The van der Waals surface area contributed by atoms with Crippen LogP contribution in [0.3, 0.4) is 0 Å². The van der Waals surface area contributed by atoms with E-state index in [4.69, 9.17) is 18.9 Å². The number of rotatable bonds is 16. The minimum absolute atomic E-state index is 0.0176. The quantitative estimate of drug-likeness (QED) is 0.0425. The van der Waals surface area contributed by atoms with Gasteiger partial charge in [0.2, 0.25) is 0 Å². The van der Waals surface area contributed by atoms with Gasteiger partial charge in [-0.3, -0.25) is 0 Å². The van der Waals surface area contributed by atoms with E-state index in [-0.39, 0.29) is 32.0 Å². The molecule has 1 aliphatic rings. The van der Waals surface area contributed by atoms with Crippen molar-refractivity contribution in [3.63, 3.8) is 0 Å². The van der Waals surface area contributed by atoms with Crippen LogP contribution in [-0.4, -0.2) is 51.5 Å². The molecule has 0 aliphatic heterocycles. The highest BCUT2D eigenvalue weighted by Crippen LogP contribution is 2.56. The van der Waals surface area contributed by atoms with Crippen molar-refractivity contribution in [2.75, 3.05) is 44.4 Å². The highest BCUT2D eigenvalue weighted by Gasteiger charge is 2.45. The van der Waals surface area contributed by atoms with Crippen LogP contribution in [0.1, 0.15) is 41.7 Å². The summed E-state index contributed by atoms with van der Waals surface area (Å²) in [5, 5.41) is 9.65. The fourth-order valence-corrected chi connectivity index (χ4v) is 7.03. The van der Waals surface area contributed by atoms with Crippen LogP contribution >= 0.6 is 0 Å². The summed E-state index contributed by atoms with van der Waals surface area (Å²) >= 11 is 0. The molecule has 6 rings (SSSR count). The van der Waals surface area contributed by atoms with Gasteiger partial charge in [0, 0.05) is 24.9 Å². The van der Waals surface area contributed by atoms with Crippen LogP contribution in [0.4, 0.5) is 5.69 Å². The van der Waals surface area contributed by atoms with Gasteiger partial charge in [0.15, 0.2) is 0 Å². The van der Waals surface area contributed by atoms with Gasteiger partial charge >= 0.3 is 11.9 Å². The summed E-state index contributed by atoms with van der Waals surface area (Å²) in [6, 6.07) is 42.6. The molecule has 0 aromatic heterocycles. The molecule has 5 aromatic rings. The topological polar surface area (TPSA) is 98.1 Å². The van der Waals surface area contributed by atoms with E-state index in [9.17, 15) is 14.9 Å². The molecule has 0 spiro atoms. The van der Waals surface area contributed by atoms with Crippen LogP contribution in [0.5, 0.6) is 11.5 Å². The van der Waals surface area contributed by atoms with Crippen LogP contribution in [0.25, 0.3) is 17.2 Å². The maximum Gasteiger partial charge on any atom is 0.349 e. The average molecular weight is 719 g/mol. The van der Waals surface area contributed by atoms with Gasteiger partial charge in [-0.15, -0.1) is 0 Å². The summed E-state index contributed by atoms with van der Waals surface area (Å²) < 4.78 is 22.3. The molecule has 0 amide bonds. The van der Waals surface area contributed by atoms with Crippen molar-refractivity contribution in [1.29, 1.82) is 5.26 Å². The molecule has 5 aromatic carbocycles. The van der Waals surface area contributed by atoms with Crippen molar-refractivity contribution in [3.05, 3.63) is 167 Å². The van der Waals surface area contributed by atoms with Gasteiger partial charge in [-0.1, -0.05) is 91.5 Å². The molecule has 0 saturated carbocycles. The molecule has 0 atom stereocenters. The Morgan fingerprint density at radius 3 is 1.67 bits per heavy atom. The Labute approximate surface area is 316 Å². The van der Waals surface area contributed by atoms with E-state index in [1.165, 1.54) is 17.2 Å². The van der Waals surface area contributed by atoms with Crippen molar-refractivity contribution in [3.8, 4) is 28.7 Å². The zero-order chi connectivity index (χ0) is 37.9. The van der Waals surface area contributed by atoms with Gasteiger partial charge in [0.05, 0.1) is 5.41 Å². The maximum absolute atomic E-state index is 12.7. The average Bonchev–Trinajstić information content (AvgIpc) is 3.52. The van der Waals surface area contributed by atoms with Crippen LogP contribution in [0, 0.1) is 11.3 Å². The molecule has 0 fully saturated rings. The predicted octanol–water partition coefficient (Wildman–Crippen LogP) is 8.53. The van der Waals surface area contributed by atoms with E-state index in [2.05, 4.69) is 98.1 Å². The fourth-order valence-electron chi connectivity index (χ4n) is 7.03. The molecule has 0 saturated heterocycles. The number of carbonyl (C=O) groups is 2. The predicted molar refractivity (Wildman–Crippen MR) is 210 cm³/mol. The third kappa shape index (κ3) is 7.76. The van der Waals surface area contributed by atoms with E-state index in [0.29, 0.717) is 11.5 Å². The van der Waals surface area contributed by atoms with Gasteiger partial charge in [0.25, 0.3) is 0 Å². The largest absolute Gasteiger partial charge is 0.490 e. The molecule has 1 aliphatic carbocycles. The second-order valence-corrected chi connectivity index (χ2v) is 12.5. The number of hydrogen-bond acceptors (Lipinski definition) is 8. The second-order valence-electron chi connectivity index (χ2n) is 12.5. The van der Waals surface area contributed by atoms with Crippen molar-refractivity contribution < 1.29 is 28.5 Å². The van der Waals surface area contributed by atoms with Crippen LogP contribution < -0.4 is 14.4 Å². The highest BCUT2D eigenvalue weighted by molar-refractivity contribution is 5.98. The number of benzene rings is 5. The molecule has 8 heteroatoms. The first kappa shape index (κ1) is 37.2. The van der Waals surface area contributed by atoms with Crippen molar-refractivity contribution >= 4 is 23.7 Å². The number of anilines is 1. The SMILES string of the molecule is C=CC(=O)OCCOc1ccc(C2(c3ccc(OCCOC(=O)/C(C#N)=C/c4ccc(N(CC)CC)cc4)cc3)c3ccccc3-c3ccccc32)cc1. The zero-order valence-electron chi connectivity index (χ0n) is 30.5. The zero-order valence-corrected chi connectivity index (χ0v) is 30.5. The monoisotopic (exact) mass is 718 g/mol. The Morgan fingerprint density at radius 1 is 0.685 bits per heavy atom. The van der Waals surface area contributed by atoms with E-state index in [0.717, 1.165) is 52.7 Å². The number of carbonyl (C=O) groups excluding carboxylic acids is 2. The lowest BCUT2D eigenvalue weighted by Gasteiger charge is -2.34. The molecule has 272 valence electrons. The maximum atomic E-state index is 12.7. The molecule has 0 N–H and O–H groups in total. The lowest BCUT2D eigenvalue weighted by Crippen LogP contribution is -2.28. The molecule has 8 nitrogen and oxygen atoms in total. The van der Waals surface area contributed by atoms with Crippen LogP contribution in [0.2, 0.25) is 0 Å². The summed E-state index contributed by atoms with van der Waals surface area (Å²) in [4.78, 5) is 26.3. The lowest BCUT2D eigenvalue weighted by molar-refractivity contribution is -0.139. The minimum Gasteiger partial charge on any atom is -0.490 e. The smallest absolute Gasteiger partial charge is 0.349 e. The number of hydrogen-bond donors (Lipinski definition) is 0. The Morgan fingerprint density at radius 2 is 1.19 bits per heavy atom. The third-order valence-electron chi connectivity index (χ3n) is 9.55. The molecule has 54 heavy (non-hydrogen) atoms. The molecule has 0 unspecified atom stereocenters. The number of esters is 2. The highest BCUT2D eigenvalue weighted by atomic mass is 16.6.